The first-order valence-corrected chi connectivity index (χ1v) is 6.14. The highest BCUT2D eigenvalue weighted by molar-refractivity contribution is 5.85. The first-order valence-electron chi connectivity index (χ1n) is 6.14. The normalized spacial score (nSPS) is 16.9. The average molecular weight is 329 g/mol. The molecule has 1 atom stereocenters. The SMILES string of the molecule is Cc1ccc(F)c(O)c1[C@@H](CF)N1CCNCC1.Cl.Cl. The number of halogens is 4. The van der Waals surface area contributed by atoms with Crippen LogP contribution in [0.4, 0.5) is 8.78 Å². The molecule has 0 aliphatic carbocycles. The van der Waals surface area contributed by atoms with Gasteiger partial charge in [-0.25, -0.2) is 8.78 Å². The standard InChI is InChI=1S/C13H18F2N2O.2ClH/c1-9-2-3-10(15)13(18)12(9)11(8-14)17-6-4-16-5-7-17;;/h2-3,11,16,18H,4-8H2,1H3;2*1H/t11-;;/m1../s1. The molecule has 0 unspecified atom stereocenters. The maximum atomic E-state index is 13.4. The van der Waals surface area contributed by atoms with Gasteiger partial charge >= 0.3 is 0 Å². The van der Waals surface area contributed by atoms with Gasteiger partial charge in [0.05, 0.1) is 6.04 Å². The lowest BCUT2D eigenvalue weighted by Gasteiger charge is -2.34. The maximum Gasteiger partial charge on any atom is 0.165 e. The molecule has 20 heavy (non-hydrogen) atoms. The Kier molecular flexibility index (Phi) is 8.35. The summed E-state index contributed by atoms with van der Waals surface area (Å²) in [6.07, 6.45) is 0. The lowest BCUT2D eigenvalue weighted by Crippen LogP contribution is -2.45. The van der Waals surface area contributed by atoms with Gasteiger partial charge in [0.25, 0.3) is 0 Å². The first kappa shape index (κ1) is 19.4. The number of nitrogens with one attached hydrogen (secondary N) is 1. The molecule has 0 saturated carbocycles. The second-order valence-corrected chi connectivity index (χ2v) is 4.58. The molecule has 1 aliphatic heterocycles. The second-order valence-electron chi connectivity index (χ2n) is 4.58. The van der Waals surface area contributed by atoms with Crippen LogP contribution in [-0.2, 0) is 0 Å². The summed E-state index contributed by atoms with van der Waals surface area (Å²) < 4.78 is 26.7. The van der Waals surface area contributed by atoms with Gasteiger partial charge < -0.3 is 10.4 Å². The minimum Gasteiger partial charge on any atom is -0.505 e. The summed E-state index contributed by atoms with van der Waals surface area (Å²) in [5.41, 5.74) is 1.09. The number of hydrogen-bond donors (Lipinski definition) is 2. The van der Waals surface area contributed by atoms with Crippen molar-refractivity contribution in [1.82, 2.24) is 10.2 Å². The van der Waals surface area contributed by atoms with E-state index in [0.29, 0.717) is 18.7 Å². The molecule has 1 aliphatic rings. The molecule has 1 aromatic carbocycles. The highest BCUT2D eigenvalue weighted by atomic mass is 35.5. The number of piperazine rings is 1. The van der Waals surface area contributed by atoms with Crippen LogP contribution in [0.2, 0.25) is 0 Å². The van der Waals surface area contributed by atoms with E-state index in [-0.39, 0.29) is 24.8 Å². The van der Waals surface area contributed by atoms with E-state index in [2.05, 4.69) is 5.32 Å². The van der Waals surface area contributed by atoms with E-state index in [4.69, 9.17) is 0 Å². The number of alkyl halides is 1. The lowest BCUT2D eigenvalue weighted by molar-refractivity contribution is 0.144. The Morgan fingerprint density at radius 2 is 1.90 bits per heavy atom. The molecule has 116 valence electrons. The fourth-order valence-electron chi connectivity index (χ4n) is 2.45. The molecule has 1 saturated heterocycles. The Labute approximate surface area is 130 Å². The molecule has 7 heteroatoms. The van der Waals surface area contributed by atoms with Crippen molar-refractivity contribution < 1.29 is 13.9 Å². The highest BCUT2D eigenvalue weighted by Gasteiger charge is 2.27. The number of nitrogens with zero attached hydrogens (tertiary/aromatic N) is 1. The van der Waals surface area contributed by atoms with Crippen molar-refractivity contribution in [2.45, 2.75) is 13.0 Å². The predicted octanol–water partition coefficient (Wildman–Crippen LogP) is 2.60. The van der Waals surface area contributed by atoms with E-state index >= 15 is 0 Å². The number of phenolic OH excluding ortho intramolecular Hbond substituents is 1. The fourth-order valence-corrected chi connectivity index (χ4v) is 2.45. The Morgan fingerprint density at radius 3 is 2.45 bits per heavy atom. The Bertz CT molecular complexity index is 429. The van der Waals surface area contributed by atoms with Gasteiger partial charge in [0.2, 0.25) is 0 Å². The summed E-state index contributed by atoms with van der Waals surface area (Å²) in [7, 11) is 0. The molecule has 1 aromatic rings. The number of aromatic hydroxyl groups is 1. The molecule has 0 amide bonds. The van der Waals surface area contributed by atoms with E-state index < -0.39 is 24.3 Å². The minimum atomic E-state index is -0.691. The van der Waals surface area contributed by atoms with Crippen molar-refractivity contribution in [1.29, 1.82) is 0 Å². The second kappa shape index (κ2) is 8.62. The number of benzene rings is 1. The van der Waals surface area contributed by atoms with Crippen LogP contribution in [0.25, 0.3) is 0 Å². The molecule has 2 rings (SSSR count). The third kappa shape index (κ3) is 3.95. The van der Waals surface area contributed by atoms with Gasteiger partial charge in [-0.05, 0) is 18.6 Å². The number of hydrogen-bond acceptors (Lipinski definition) is 3. The largest absolute Gasteiger partial charge is 0.505 e. The summed E-state index contributed by atoms with van der Waals surface area (Å²) in [5, 5.41) is 13.0. The number of phenols is 1. The van der Waals surface area contributed by atoms with Crippen LogP contribution in [0.5, 0.6) is 5.75 Å². The number of aryl methyl sites for hydroxylation is 1. The average Bonchev–Trinajstić information content (AvgIpc) is 2.40. The molecule has 1 heterocycles. The summed E-state index contributed by atoms with van der Waals surface area (Å²) in [6, 6.07) is 2.22. The molecule has 1 fully saturated rings. The van der Waals surface area contributed by atoms with Crippen LogP contribution in [0.3, 0.4) is 0 Å². The molecule has 2 N–H and O–H groups in total. The van der Waals surface area contributed by atoms with Gasteiger partial charge in [0.15, 0.2) is 11.6 Å². The fraction of sp³-hybridized carbons (Fsp3) is 0.538. The summed E-state index contributed by atoms with van der Waals surface area (Å²) in [5.74, 6) is -1.11. The zero-order valence-electron chi connectivity index (χ0n) is 11.2. The lowest BCUT2D eigenvalue weighted by atomic mass is 9.98. The summed E-state index contributed by atoms with van der Waals surface area (Å²) in [6.45, 7) is 4.10. The van der Waals surface area contributed by atoms with Crippen LogP contribution in [0, 0.1) is 12.7 Å². The third-order valence-corrected chi connectivity index (χ3v) is 3.46. The predicted molar refractivity (Wildman–Crippen MR) is 80.5 cm³/mol. The van der Waals surface area contributed by atoms with Crippen molar-refractivity contribution in [3.63, 3.8) is 0 Å². The Morgan fingerprint density at radius 1 is 1.30 bits per heavy atom. The molecule has 0 radical (unpaired) electrons. The van der Waals surface area contributed by atoms with Crippen LogP contribution >= 0.6 is 24.8 Å². The quantitative estimate of drug-likeness (QED) is 0.895. The molecule has 0 bridgehead atoms. The van der Waals surface area contributed by atoms with Crippen molar-refractivity contribution in [3.8, 4) is 5.75 Å². The van der Waals surface area contributed by atoms with Gasteiger partial charge in [-0.2, -0.15) is 0 Å². The van der Waals surface area contributed by atoms with E-state index in [9.17, 15) is 13.9 Å². The Balaban J connectivity index is 0.00000180. The zero-order chi connectivity index (χ0) is 13.1. The smallest absolute Gasteiger partial charge is 0.165 e. The number of rotatable bonds is 3. The Hall–Kier alpha value is -0.620. The van der Waals surface area contributed by atoms with E-state index in [1.807, 2.05) is 4.90 Å². The molecule has 0 spiro atoms. The first-order chi connectivity index (χ1) is 8.65. The van der Waals surface area contributed by atoms with Crippen LogP contribution in [-0.4, -0.2) is 42.9 Å². The molecule has 0 aromatic heterocycles. The van der Waals surface area contributed by atoms with Crippen molar-refractivity contribution in [2.75, 3.05) is 32.9 Å². The van der Waals surface area contributed by atoms with E-state index in [1.54, 1.807) is 13.0 Å². The third-order valence-electron chi connectivity index (χ3n) is 3.46. The van der Waals surface area contributed by atoms with Crippen molar-refractivity contribution in [2.24, 2.45) is 0 Å². The van der Waals surface area contributed by atoms with E-state index in [0.717, 1.165) is 18.7 Å². The topological polar surface area (TPSA) is 35.5 Å². The zero-order valence-corrected chi connectivity index (χ0v) is 12.9. The maximum absolute atomic E-state index is 13.4. The van der Waals surface area contributed by atoms with Crippen LogP contribution in [0.15, 0.2) is 12.1 Å². The minimum absolute atomic E-state index is 0. The molecule has 3 nitrogen and oxygen atoms in total. The van der Waals surface area contributed by atoms with Crippen molar-refractivity contribution >= 4 is 24.8 Å². The van der Waals surface area contributed by atoms with Crippen LogP contribution < -0.4 is 5.32 Å². The molecular weight excluding hydrogens is 309 g/mol. The van der Waals surface area contributed by atoms with Gasteiger partial charge in [-0.1, -0.05) is 6.07 Å². The van der Waals surface area contributed by atoms with Gasteiger partial charge in [-0.15, -0.1) is 24.8 Å². The van der Waals surface area contributed by atoms with Crippen LogP contribution in [0.1, 0.15) is 17.2 Å². The van der Waals surface area contributed by atoms with E-state index in [1.165, 1.54) is 6.07 Å². The summed E-state index contributed by atoms with van der Waals surface area (Å²) >= 11 is 0. The summed E-state index contributed by atoms with van der Waals surface area (Å²) in [4.78, 5) is 1.94. The van der Waals surface area contributed by atoms with Gasteiger partial charge in [0, 0.05) is 31.7 Å². The molecular formula is C13H20Cl2F2N2O. The monoisotopic (exact) mass is 328 g/mol. The van der Waals surface area contributed by atoms with Gasteiger partial charge in [0.1, 0.15) is 6.67 Å². The van der Waals surface area contributed by atoms with Crippen molar-refractivity contribution in [3.05, 3.63) is 29.1 Å². The van der Waals surface area contributed by atoms with Gasteiger partial charge in [-0.3, -0.25) is 4.90 Å². The highest BCUT2D eigenvalue weighted by Crippen LogP contribution is 2.34.